The second kappa shape index (κ2) is 5.72. The Morgan fingerprint density at radius 1 is 0.586 bits per heavy atom. The lowest BCUT2D eigenvalue weighted by atomic mass is 10.1. The fourth-order valence-electron chi connectivity index (χ4n) is 4.60. The molecule has 0 aliphatic heterocycles. The number of hydrogen-bond acceptors (Lipinski definition) is 1. The van der Waals surface area contributed by atoms with Crippen molar-refractivity contribution in [3.63, 3.8) is 0 Å². The molecule has 4 nitrogen and oxygen atoms in total. The Kier molecular flexibility index (Phi) is 3.15. The van der Waals surface area contributed by atoms with E-state index in [-0.39, 0.29) is 5.96 Å². The number of nitrogens with zero attached hydrogens (tertiary/aromatic N) is 2. The summed E-state index contributed by atoms with van der Waals surface area (Å²) >= 11 is 0. The van der Waals surface area contributed by atoms with E-state index < -0.39 is 0 Å². The lowest BCUT2D eigenvalue weighted by Crippen LogP contribution is -2.20. The van der Waals surface area contributed by atoms with Gasteiger partial charge in [0, 0.05) is 27.2 Å². The first kappa shape index (κ1) is 16.0. The molecule has 0 radical (unpaired) electrons. The normalized spacial score (nSPS) is 11.7. The van der Waals surface area contributed by atoms with Gasteiger partial charge in [0.1, 0.15) is 0 Å². The number of nitrogens with two attached hydrogens (primary N) is 1. The predicted molar refractivity (Wildman–Crippen MR) is 121 cm³/mol. The van der Waals surface area contributed by atoms with E-state index in [1.54, 1.807) is 0 Å². The highest BCUT2D eigenvalue weighted by molar-refractivity contribution is 6.25. The Balaban J connectivity index is 1.97. The Morgan fingerprint density at radius 2 is 1.14 bits per heavy atom. The van der Waals surface area contributed by atoms with Crippen LogP contribution in [-0.2, 0) is 0 Å². The lowest BCUT2D eigenvalue weighted by Gasteiger charge is -2.11. The molecule has 0 fully saturated rings. The molecule has 0 atom stereocenters. The number of rotatable bonds is 1. The first-order valence-electron chi connectivity index (χ1n) is 9.61. The van der Waals surface area contributed by atoms with Crippen LogP contribution in [0.15, 0.2) is 91.0 Å². The molecule has 2 heterocycles. The Hall–Kier alpha value is -4.05. The second-order valence-electron chi connectivity index (χ2n) is 7.28. The quantitative estimate of drug-likeness (QED) is 0.284. The van der Waals surface area contributed by atoms with Crippen molar-refractivity contribution in [1.82, 2.24) is 9.13 Å². The number of nitrogens with one attached hydrogen (secondary N) is 1. The molecule has 0 saturated heterocycles. The molecular weight excluding hydrogens is 356 g/mol. The molecule has 0 amide bonds. The number of aromatic nitrogens is 2. The number of para-hydroxylation sites is 3. The van der Waals surface area contributed by atoms with Crippen molar-refractivity contribution in [2.24, 2.45) is 5.73 Å². The first-order chi connectivity index (χ1) is 14.3. The summed E-state index contributed by atoms with van der Waals surface area (Å²) in [6.07, 6.45) is 0. The molecule has 4 heteroatoms. The third-order valence-corrected chi connectivity index (χ3v) is 5.72. The van der Waals surface area contributed by atoms with Gasteiger partial charge >= 0.3 is 0 Å². The highest BCUT2D eigenvalue weighted by atomic mass is 15.1. The topological polar surface area (TPSA) is 59.7 Å². The molecular formula is C25H18N4. The van der Waals surface area contributed by atoms with Gasteiger partial charge in [0.2, 0.25) is 0 Å². The highest BCUT2D eigenvalue weighted by Crippen LogP contribution is 2.39. The van der Waals surface area contributed by atoms with Crippen LogP contribution in [0.4, 0.5) is 0 Å². The van der Waals surface area contributed by atoms with E-state index in [9.17, 15) is 0 Å². The maximum absolute atomic E-state index is 8.33. The smallest absolute Gasteiger partial charge is 0.197 e. The van der Waals surface area contributed by atoms with E-state index in [1.807, 2.05) is 28.8 Å². The van der Waals surface area contributed by atoms with E-state index >= 15 is 0 Å². The number of nitrogen functional groups attached to an aromatic ring is 1. The van der Waals surface area contributed by atoms with Gasteiger partial charge in [-0.15, -0.1) is 0 Å². The van der Waals surface area contributed by atoms with Crippen molar-refractivity contribution in [2.75, 3.05) is 0 Å². The number of hydrogen-bond donors (Lipinski definition) is 2. The molecule has 0 aliphatic rings. The van der Waals surface area contributed by atoms with Gasteiger partial charge in [-0.1, -0.05) is 66.7 Å². The zero-order valence-corrected chi connectivity index (χ0v) is 15.6. The molecule has 6 aromatic rings. The fraction of sp³-hybridized carbons (Fsp3) is 0. The zero-order valence-electron chi connectivity index (χ0n) is 15.6. The molecule has 0 spiro atoms. The van der Waals surface area contributed by atoms with Gasteiger partial charge in [-0.05, 0) is 24.3 Å². The highest BCUT2D eigenvalue weighted by Gasteiger charge is 2.20. The van der Waals surface area contributed by atoms with Crippen molar-refractivity contribution in [2.45, 2.75) is 0 Å². The summed E-state index contributed by atoms with van der Waals surface area (Å²) in [5.74, 6) is 0.0218. The Bertz CT molecular complexity index is 1570. The molecule has 138 valence electrons. The Morgan fingerprint density at radius 3 is 1.83 bits per heavy atom. The van der Waals surface area contributed by atoms with Gasteiger partial charge < -0.3 is 10.3 Å². The molecule has 0 unspecified atom stereocenters. The third kappa shape index (κ3) is 2.05. The molecule has 4 aromatic carbocycles. The van der Waals surface area contributed by atoms with Crippen LogP contribution in [0.1, 0.15) is 0 Å². The number of benzene rings is 4. The van der Waals surface area contributed by atoms with Crippen LogP contribution in [0.3, 0.4) is 0 Å². The minimum absolute atomic E-state index is 0.0218. The van der Waals surface area contributed by atoms with Gasteiger partial charge in [-0.2, -0.15) is 0 Å². The average molecular weight is 374 g/mol. The van der Waals surface area contributed by atoms with Crippen molar-refractivity contribution >= 4 is 49.6 Å². The summed E-state index contributed by atoms with van der Waals surface area (Å²) in [4.78, 5) is 0. The maximum atomic E-state index is 8.33. The SMILES string of the molecule is N=C(N)n1c2ccccc2c2ccc3c4ccccc4n(-c4ccccc4)c3c21. The largest absolute Gasteiger partial charge is 0.369 e. The van der Waals surface area contributed by atoms with Gasteiger partial charge in [0.25, 0.3) is 0 Å². The summed E-state index contributed by atoms with van der Waals surface area (Å²) in [5.41, 5.74) is 11.3. The van der Waals surface area contributed by atoms with Gasteiger partial charge in [-0.3, -0.25) is 9.98 Å². The molecule has 0 aliphatic carbocycles. The van der Waals surface area contributed by atoms with Crippen molar-refractivity contribution in [3.05, 3.63) is 91.0 Å². The van der Waals surface area contributed by atoms with E-state index in [2.05, 4.69) is 71.3 Å². The summed E-state index contributed by atoms with van der Waals surface area (Å²) in [6, 6.07) is 31.3. The summed E-state index contributed by atoms with van der Waals surface area (Å²) < 4.78 is 4.15. The molecule has 3 N–H and O–H groups in total. The monoisotopic (exact) mass is 374 g/mol. The van der Waals surface area contributed by atoms with Crippen LogP contribution in [0.5, 0.6) is 0 Å². The van der Waals surface area contributed by atoms with Crippen LogP contribution in [0, 0.1) is 5.41 Å². The van der Waals surface area contributed by atoms with Gasteiger partial charge in [-0.25, -0.2) is 0 Å². The minimum Gasteiger partial charge on any atom is -0.369 e. The predicted octanol–water partition coefficient (Wildman–Crippen LogP) is 5.63. The molecule has 2 aromatic heterocycles. The third-order valence-electron chi connectivity index (χ3n) is 5.72. The van der Waals surface area contributed by atoms with Crippen LogP contribution < -0.4 is 5.73 Å². The van der Waals surface area contributed by atoms with Crippen molar-refractivity contribution < 1.29 is 0 Å². The second-order valence-corrected chi connectivity index (χ2v) is 7.28. The van der Waals surface area contributed by atoms with Crippen LogP contribution in [0.2, 0.25) is 0 Å². The van der Waals surface area contributed by atoms with E-state index in [0.29, 0.717) is 0 Å². The molecule has 6 rings (SSSR count). The molecule has 0 bridgehead atoms. The standard InChI is InChI=1S/C25H18N4/c26-25(27)29-22-13-7-5-11-18(22)20-15-14-19-17-10-4-6-12-21(17)28(23(19)24(20)29)16-8-2-1-3-9-16/h1-15H,(H3,26,27). The lowest BCUT2D eigenvalue weighted by molar-refractivity contribution is 1.16. The van der Waals surface area contributed by atoms with Crippen LogP contribution in [0.25, 0.3) is 49.3 Å². The summed E-state index contributed by atoms with van der Waals surface area (Å²) in [7, 11) is 0. The summed E-state index contributed by atoms with van der Waals surface area (Å²) in [6.45, 7) is 0. The van der Waals surface area contributed by atoms with Crippen LogP contribution >= 0.6 is 0 Å². The van der Waals surface area contributed by atoms with E-state index in [0.717, 1.165) is 43.9 Å². The fourth-order valence-corrected chi connectivity index (χ4v) is 4.60. The maximum Gasteiger partial charge on any atom is 0.197 e. The van der Waals surface area contributed by atoms with Crippen LogP contribution in [-0.4, -0.2) is 15.1 Å². The molecule has 0 saturated carbocycles. The van der Waals surface area contributed by atoms with E-state index in [4.69, 9.17) is 11.1 Å². The number of fused-ring (bicyclic) bond motifs is 7. The van der Waals surface area contributed by atoms with E-state index in [1.165, 1.54) is 5.39 Å². The average Bonchev–Trinajstić information content (AvgIpc) is 3.27. The summed E-state index contributed by atoms with van der Waals surface area (Å²) in [5, 5.41) is 12.9. The Labute approximate surface area is 166 Å². The zero-order chi connectivity index (χ0) is 19.5. The van der Waals surface area contributed by atoms with Crippen molar-refractivity contribution in [3.8, 4) is 5.69 Å². The first-order valence-corrected chi connectivity index (χ1v) is 9.61. The van der Waals surface area contributed by atoms with Crippen molar-refractivity contribution in [1.29, 1.82) is 5.41 Å². The minimum atomic E-state index is 0.0218. The van der Waals surface area contributed by atoms with Gasteiger partial charge in [0.05, 0.1) is 22.1 Å². The molecule has 29 heavy (non-hydrogen) atoms. The van der Waals surface area contributed by atoms with Gasteiger partial charge in [0.15, 0.2) is 5.96 Å².